The first-order valence-corrected chi connectivity index (χ1v) is 6.36. The fraction of sp³-hybridized carbons (Fsp3) is 0.267. The Balaban J connectivity index is 1.97. The van der Waals surface area contributed by atoms with Crippen molar-refractivity contribution in [1.82, 2.24) is 10.4 Å². The molecule has 92 valence electrons. The van der Waals surface area contributed by atoms with Gasteiger partial charge in [-0.1, -0.05) is 24.3 Å². The molecule has 3 heteroatoms. The van der Waals surface area contributed by atoms with E-state index in [1.807, 2.05) is 18.3 Å². The van der Waals surface area contributed by atoms with E-state index < -0.39 is 0 Å². The van der Waals surface area contributed by atoms with Gasteiger partial charge in [0.2, 0.25) is 0 Å². The van der Waals surface area contributed by atoms with E-state index >= 15 is 0 Å². The van der Waals surface area contributed by atoms with Crippen molar-refractivity contribution in [3.8, 4) is 0 Å². The van der Waals surface area contributed by atoms with Gasteiger partial charge in [0.1, 0.15) is 0 Å². The zero-order chi connectivity index (χ0) is 12.4. The Morgan fingerprint density at radius 3 is 2.78 bits per heavy atom. The fourth-order valence-electron chi connectivity index (χ4n) is 2.70. The van der Waals surface area contributed by atoms with E-state index in [1.54, 1.807) is 6.20 Å². The third-order valence-corrected chi connectivity index (χ3v) is 3.64. The first-order valence-electron chi connectivity index (χ1n) is 6.36. The van der Waals surface area contributed by atoms with Crippen molar-refractivity contribution in [1.29, 1.82) is 0 Å². The van der Waals surface area contributed by atoms with Crippen LogP contribution in [0.3, 0.4) is 0 Å². The van der Waals surface area contributed by atoms with Crippen LogP contribution in [0.4, 0.5) is 0 Å². The molecule has 1 heterocycles. The number of nitrogens with one attached hydrogen (secondary N) is 1. The molecule has 1 aliphatic rings. The van der Waals surface area contributed by atoms with Gasteiger partial charge in [0, 0.05) is 12.4 Å². The Kier molecular flexibility index (Phi) is 3.09. The maximum atomic E-state index is 5.70. The monoisotopic (exact) mass is 239 g/mol. The molecule has 0 saturated carbocycles. The first-order chi connectivity index (χ1) is 8.88. The molecule has 1 unspecified atom stereocenters. The van der Waals surface area contributed by atoms with Crippen molar-refractivity contribution in [3.63, 3.8) is 0 Å². The molecule has 1 aromatic carbocycles. The third-order valence-electron chi connectivity index (χ3n) is 3.64. The van der Waals surface area contributed by atoms with Gasteiger partial charge in [0.15, 0.2) is 0 Å². The van der Waals surface area contributed by atoms with Crippen molar-refractivity contribution in [2.45, 2.75) is 25.3 Å². The first kappa shape index (κ1) is 11.4. The summed E-state index contributed by atoms with van der Waals surface area (Å²) in [7, 11) is 0. The summed E-state index contributed by atoms with van der Waals surface area (Å²) in [5.74, 6) is 5.70. The van der Waals surface area contributed by atoms with Gasteiger partial charge in [-0.3, -0.25) is 10.8 Å². The number of benzene rings is 1. The molecule has 0 bridgehead atoms. The zero-order valence-electron chi connectivity index (χ0n) is 10.3. The Hall–Kier alpha value is -1.71. The van der Waals surface area contributed by atoms with Gasteiger partial charge < -0.3 is 0 Å². The van der Waals surface area contributed by atoms with Crippen LogP contribution in [0, 0.1) is 0 Å². The van der Waals surface area contributed by atoms with E-state index in [1.165, 1.54) is 36.0 Å². The van der Waals surface area contributed by atoms with Crippen LogP contribution in [-0.2, 0) is 12.8 Å². The Morgan fingerprint density at radius 1 is 1.11 bits per heavy atom. The number of aryl methyl sites for hydroxylation is 2. The van der Waals surface area contributed by atoms with Gasteiger partial charge in [-0.05, 0) is 47.6 Å². The summed E-state index contributed by atoms with van der Waals surface area (Å²) < 4.78 is 0. The molecule has 1 atom stereocenters. The van der Waals surface area contributed by atoms with Crippen LogP contribution < -0.4 is 11.3 Å². The number of aromatic nitrogens is 1. The van der Waals surface area contributed by atoms with E-state index in [-0.39, 0.29) is 6.04 Å². The summed E-state index contributed by atoms with van der Waals surface area (Å²) in [6.07, 6.45) is 7.31. The van der Waals surface area contributed by atoms with Crippen molar-refractivity contribution < 1.29 is 0 Å². The van der Waals surface area contributed by atoms with Gasteiger partial charge in [-0.15, -0.1) is 0 Å². The van der Waals surface area contributed by atoms with Crippen LogP contribution in [0.25, 0.3) is 0 Å². The summed E-state index contributed by atoms with van der Waals surface area (Å²) in [5.41, 5.74) is 8.15. The largest absolute Gasteiger partial charge is 0.271 e. The second-order valence-electron chi connectivity index (χ2n) is 4.77. The van der Waals surface area contributed by atoms with Crippen LogP contribution >= 0.6 is 0 Å². The molecule has 0 saturated heterocycles. The van der Waals surface area contributed by atoms with Crippen molar-refractivity contribution in [3.05, 3.63) is 65.0 Å². The van der Waals surface area contributed by atoms with E-state index in [4.69, 9.17) is 5.84 Å². The number of rotatable bonds is 3. The summed E-state index contributed by atoms with van der Waals surface area (Å²) in [5, 5.41) is 0. The van der Waals surface area contributed by atoms with Crippen LogP contribution in [0.15, 0.2) is 42.7 Å². The number of hydrogen-bond acceptors (Lipinski definition) is 3. The topological polar surface area (TPSA) is 50.9 Å². The number of fused-ring (bicyclic) bond motifs is 1. The number of hydrazine groups is 1. The predicted molar refractivity (Wildman–Crippen MR) is 71.9 cm³/mol. The summed E-state index contributed by atoms with van der Waals surface area (Å²) >= 11 is 0. The minimum Gasteiger partial charge on any atom is -0.271 e. The lowest BCUT2D eigenvalue weighted by atomic mass is 9.97. The summed E-state index contributed by atoms with van der Waals surface area (Å²) in [6, 6.07) is 10.7. The normalized spacial score (nSPS) is 15.4. The minimum absolute atomic E-state index is 0.0181. The fourth-order valence-corrected chi connectivity index (χ4v) is 2.70. The van der Waals surface area contributed by atoms with Crippen molar-refractivity contribution in [2.75, 3.05) is 0 Å². The Morgan fingerprint density at radius 2 is 2.00 bits per heavy atom. The minimum atomic E-state index is 0.0181. The van der Waals surface area contributed by atoms with E-state index in [9.17, 15) is 0 Å². The maximum Gasteiger partial charge on any atom is 0.0725 e. The highest BCUT2D eigenvalue weighted by Gasteiger charge is 2.16. The van der Waals surface area contributed by atoms with Gasteiger partial charge in [0.05, 0.1) is 6.04 Å². The quantitative estimate of drug-likeness (QED) is 0.637. The molecule has 1 aromatic heterocycles. The molecule has 0 radical (unpaired) electrons. The van der Waals surface area contributed by atoms with Gasteiger partial charge in [-0.25, -0.2) is 5.43 Å². The number of nitrogens with two attached hydrogens (primary N) is 1. The lowest BCUT2D eigenvalue weighted by Crippen LogP contribution is -2.29. The molecule has 2 aromatic rings. The van der Waals surface area contributed by atoms with Crippen molar-refractivity contribution >= 4 is 0 Å². The lowest BCUT2D eigenvalue weighted by molar-refractivity contribution is 0.634. The number of hydrogen-bond donors (Lipinski definition) is 2. The van der Waals surface area contributed by atoms with Gasteiger partial charge in [0.25, 0.3) is 0 Å². The molecule has 3 rings (SSSR count). The second kappa shape index (κ2) is 4.88. The zero-order valence-corrected chi connectivity index (χ0v) is 10.3. The average molecular weight is 239 g/mol. The highest BCUT2D eigenvalue weighted by molar-refractivity contribution is 5.39. The molecular weight excluding hydrogens is 222 g/mol. The lowest BCUT2D eigenvalue weighted by Gasteiger charge is -2.17. The molecule has 1 aliphatic carbocycles. The standard InChI is InChI=1S/C15H17N3/c16-18-15(14-5-2-8-17-10-14)13-7-6-11-3-1-4-12(11)9-13/h2,5-10,15,18H,1,3-4,16H2. The second-order valence-corrected chi connectivity index (χ2v) is 4.77. The highest BCUT2D eigenvalue weighted by Crippen LogP contribution is 2.27. The molecule has 18 heavy (non-hydrogen) atoms. The molecule has 0 amide bonds. The SMILES string of the molecule is NNC(c1cccnc1)c1ccc2c(c1)CCC2. The van der Waals surface area contributed by atoms with Crippen LogP contribution in [0.1, 0.15) is 34.7 Å². The average Bonchev–Trinajstić information content (AvgIpc) is 2.88. The van der Waals surface area contributed by atoms with Gasteiger partial charge in [-0.2, -0.15) is 0 Å². The van der Waals surface area contributed by atoms with Crippen LogP contribution in [-0.4, -0.2) is 4.98 Å². The van der Waals surface area contributed by atoms with Gasteiger partial charge >= 0.3 is 0 Å². The molecule has 3 N–H and O–H groups in total. The van der Waals surface area contributed by atoms with Crippen LogP contribution in [0.2, 0.25) is 0 Å². The number of pyridine rings is 1. The molecule has 0 fully saturated rings. The third kappa shape index (κ3) is 2.03. The van der Waals surface area contributed by atoms with E-state index in [0.717, 1.165) is 5.56 Å². The molecule has 3 nitrogen and oxygen atoms in total. The predicted octanol–water partition coefficient (Wildman–Crippen LogP) is 2.12. The summed E-state index contributed by atoms with van der Waals surface area (Å²) in [4.78, 5) is 4.16. The van der Waals surface area contributed by atoms with Crippen LogP contribution in [0.5, 0.6) is 0 Å². The highest BCUT2D eigenvalue weighted by atomic mass is 15.2. The summed E-state index contributed by atoms with van der Waals surface area (Å²) in [6.45, 7) is 0. The van der Waals surface area contributed by atoms with Crippen molar-refractivity contribution in [2.24, 2.45) is 5.84 Å². The molecular formula is C15H17N3. The Labute approximate surface area is 107 Å². The molecule has 0 aliphatic heterocycles. The number of nitrogens with zero attached hydrogens (tertiary/aromatic N) is 1. The smallest absolute Gasteiger partial charge is 0.0725 e. The van der Waals surface area contributed by atoms with E-state index in [2.05, 4.69) is 28.6 Å². The maximum absolute atomic E-state index is 5.70. The van der Waals surface area contributed by atoms with E-state index in [0.29, 0.717) is 0 Å². The molecule has 0 spiro atoms. The Bertz CT molecular complexity index is 537.